The Morgan fingerprint density at radius 2 is 2.24 bits per heavy atom. The lowest BCUT2D eigenvalue weighted by molar-refractivity contribution is 0.123. The van der Waals surface area contributed by atoms with E-state index >= 15 is 0 Å². The maximum atomic E-state index is 10.3. The summed E-state index contributed by atoms with van der Waals surface area (Å²) in [4.78, 5) is 4.48. The standard InChI is InChI=1S/C14H15NOS/c1-9-15-12(8-17-9)7-11-6-10-4-2-3-5-13(10)14(11)16/h2-5,8,11,14,16H,6-7H2,1H3. The second-order valence-corrected chi connectivity index (χ2v) is 5.73. The third-order valence-corrected chi connectivity index (χ3v) is 4.26. The van der Waals surface area contributed by atoms with Gasteiger partial charge in [0.05, 0.1) is 16.8 Å². The van der Waals surface area contributed by atoms with Crippen LogP contribution in [0.5, 0.6) is 0 Å². The normalized spacial score (nSPS) is 22.7. The van der Waals surface area contributed by atoms with E-state index in [1.165, 1.54) is 5.56 Å². The van der Waals surface area contributed by atoms with Gasteiger partial charge in [0.15, 0.2) is 0 Å². The molecule has 88 valence electrons. The zero-order valence-corrected chi connectivity index (χ0v) is 10.6. The molecule has 0 saturated carbocycles. The molecule has 1 aromatic heterocycles. The molecule has 1 aliphatic carbocycles. The van der Waals surface area contributed by atoms with Crippen molar-refractivity contribution < 1.29 is 5.11 Å². The maximum Gasteiger partial charge on any atom is 0.0897 e. The van der Waals surface area contributed by atoms with Gasteiger partial charge in [0, 0.05) is 5.38 Å². The maximum absolute atomic E-state index is 10.3. The topological polar surface area (TPSA) is 33.1 Å². The molecule has 1 N–H and O–H groups in total. The Kier molecular flexibility index (Phi) is 2.73. The molecule has 0 bridgehead atoms. The predicted molar refractivity (Wildman–Crippen MR) is 69.2 cm³/mol. The SMILES string of the molecule is Cc1nc(CC2Cc3ccccc3C2O)cs1. The first kappa shape index (κ1) is 10.9. The fourth-order valence-corrected chi connectivity index (χ4v) is 3.24. The van der Waals surface area contributed by atoms with Gasteiger partial charge < -0.3 is 5.11 Å². The highest BCUT2D eigenvalue weighted by Crippen LogP contribution is 2.37. The Hall–Kier alpha value is -1.19. The molecule has 0 amide bonds. The highest BCUT2D eigenvalue weighted by molar-refractivity contribution is 7.09. The average molecular weight is 245 g/mol. The third-order valence-electron chi connectivity index (χ3n) is 3.44. The van der Waals surface area contributed by atoms with Crippen molar-refractivity contribution in [2.24, 2.45) is 5.92 Å². The van der Waals surface area contributed by atoms with Crippen molar-refractivity contribution in [2.75, 3.05) is 0 Å². The van der Waals surface area contributed by atoms with Crippen LogP contribution >= 0.6 is 11.3 Å². The van der Waals surface area contributed by atoms with Crippen LogP contribution in [0.25, 0.3) is 0 Å². The van der Waals surface area contributed by atoms with Crippen LogP contribution in [0.1, 0.15) is 27.9 Å². The number of aromatic nitrogens is 1. The molecule has 2 unspecified atom stereocenters. The summed E-state index contributed by atoms with van der Waals surface area (Å²) in [5, 5.41) is 13.5. The van der Waals surface area contributed by atoms with Crippen LogP contribution in [-0.2, 0) is 12.8 Å². The largest absolute Gasteiger partial charge is 0.388 e. The van der Waals surface area contributed by atoms with E-state index in [9.17, 15) is 5.11 Å². The first-order chi connectivity index (χ1) is 8.24. The van der Waals surface area contributed by atoms with Crippen LogP contribution in [0, 0.1) is 12.8 Å². The van der Waals surface area contributed by atoms with Gasteiger partial charge in [-0.05, 0) is 36.8 Å². The summed E-state index contributed by atoms with van der Waals surface area (Å²) in [6.07, 6.45) is 1.52. The Bertz CT molecular complexity index is 535. The first-order valence-electron chi connectivity index (χ1n) is 5.91. The number of hydrogen-bond acceptors (Lipinski definition) is 3. The van der Waals surface area contributed by atoms with Gasteiger partial charge in [-0.2, -0.15) is 0 Å². The van der Waals surface area contributed by atoms with Gasteiger partial charge in [-0.15, -0.1) is 11.3 Å². The number of benzene rings is 1. The summed E-state index contributed by atoms with van der Waals surface area (Å²) in [7, 11) is 0. The first-order valence-corrected chi connectivity index (χ1v) is 6.79. The fraction of sp³-hybridized carbons (Fsp3) is 0.357. The molecule has 3 rings (SSSR count). The van der Waals surface area contributed by atoms with Crippen LogP contribution in [0.15, 0.2) is 29.6 Å². The monoisotopic (exact) mass is 245 g/mol. The Labute approximate surface area is 105 Å². The van der Waals surface area contributed by atoms with E-state index in [4.69, 9.17) is 0 Å². The van der Waals surface area contributed by atoms with Crippen molar-refractivity contribution in [2.45, 2.75) is 25.9 Å². The molecule has 2 atom stereocenters. The van der Waals surface area contributed by atoms with Crippen LogP contribution in [0.2, 0.25) is 0 Å². The molecule has 1 aliphatic rings. The summed E-state index contributed by atoms with van der Waals surface area (Å²) < 4.78 is 0. The van der Waals surface area contributed by atoms with E-state index in [2.05, 4.69) is 16.4 Å². The average Bonchev–Trinajstić information content (AvgIpc) is 2.86. The summed E-state index contributed by atoms with van der Waals surface area (Å²) in [6, 6.07) is 8.19. The fourth-order valence-electron chi connectivity index (χ4n) is 2.61. The van der Waals surface area contributed by atoms with E-state index in [-0.39, 0.29) is 12.0 Å². The molecule has 0 spiro atoms. The van der Waals surface area contributed by atoms with Crippen LogP contribution in [0.3, 0.4) is 0 Å². The zero-order chi connectivity index (χ0) is 11.8. The molecule has 2 nitrogen and oxygen atoms in total. The minimum atomic E-state index is -0.326. The van der Waals surface area contributed by atoms with Crippen molar-refractivity contribution in [3.05, 3.63) is 51.5 Å². The molecule has 2 aromatic rings. The van der Waals surface area contributed by atoms with Crippen molar-refractivity contribution >= 4 is 11.3 Å². The summed E-state index contributed by atoms with van der Waals surface area (Å²) >= 11 is 1.68. The van der Waals surface area contributed by atoms with E-state index in [0.717, 1.165) is 29.1 Å². The lowest BCUT2D eigenvalue weighted by atomic mass is 9.98. The van der Waals surface area contributed by atoms with Gasteiger partial charge in [0.25, 0.3) is 0 Å². The number of fused-ring (bicyclic) bond motifs is 1. The smallest absolute Gasteiger partial charge is 0.0897 e. The van der Waals surface area contributed by atoms with Gasteiger partial charge in [0.1, 0.15) is 0 Å². The minimum Gasteiger partial charge on any atom is -0.388 e. The highest BCUT2D eigenvalue weighted by atomic mass is 32.1. The Morgan fingerprint density at radius 3 is 2.94 bits per heavy atom. The van der Waals surface area contributed by atoms with E-state index < -0.39 is 0 Å². The Morgan fingerprint density at radius 1 is 1.41 bits per heavy atom. The molecular formula is C14H15NOS. The van der Waals surface area contributed by atoms with Crippen molar-refractivity contribution in [1.29, 1.82) is 0 Å². The predicted octanol–water partition coefficient (Wildman–Crippen LogP) is 2.90. The number of nitrogens with zero attached hydrogens (tertiary/aromatic N) is 1. The lowest BCUT2D eigenvalue weighted by Crippen LogP contribution is -2.10. The molecule has 17 heavy (non-hydrogen) atoms. The number of aliphatic hydroxyl groups is 1. The molecule has 3 heteroatoms. The van der Waals surface area contributed by atoms with E-state index in [1.807, 2.05) is 25.1 Å². The lowest BCUT2D eigenvalue weighted by Gasteiger charge is -2.13. The third kappa shape index (κ3) is 2.01. The van der Waals surface area contributed by atoms with Gasteiger partial charge in [-0.25, -0.2) is 4.98 Å². The van der Waals surface area contributed by atoms with Gasteiger partial charge >= 0.3 is 0 Å². The van der Waals surface area contributed by atoms with E-state index in [1.54, 1.807) is 11.3 Å². The molecule has 1 aromatic carbocycles. The minimum absolute atomic E-state index is 0.286. The molecule has 0 saturated heterocycles. The van der Waals surface area contributed by atoms with Crippen molar-refractivity contribution in [3.8, 4) is 0 Å². The van der Waals surface area contributed by atoms with Crippen LogP contribution in [-0.4, -0.2) is 10.1 Å². The number of aryl methyl sites for hydroxylation is 1. The number of rotatable bonds is 2. The second-order valence-electron chi connectivity index (χ2n) is 4.67. The van der Waals surface area contributed by atoms with Crippen LogP contribution < -0.4 is 0 Å². The molecule has 0 radical (unpaired) electrons. The number of hydrogen-bond donors (Lipinski definition) is 1. The molecular weight excluding hydrogens is 230 g/mol. The summed E-state index contributed by atoms with van der Waals surface area (Å²) in [6.45, 7) is 2.02. The number of thiazole rings is 1. The molecule has 1 heterocycles. The molecule has 0 fully saturated rings. The van der Waals surface area contributed by atoms with Crippen LogP contribution in [0.4, 0.5) is 0 Å². The summed E-state index contributed by atoms with van der Waals surface area (Å²) in [5.41, 5.74) is 3.51. The van der Waals surface area contributed by atoms with Gasteiger partial charge in [-0.3, -0.25) is 0 Å². The van der Waals surface area contributed by atoms with Gasteiger partial charge in [0.2, 0.25) is 0 Å². The van der Waals surface area contributed by atoms with Crippen molar-refractivity contribution in [1.82, 2.24) is 4.98 Å². The Balaban J connectivity index is 1.80. The quantitative estimate of drug-likeness (QED) is 0.882. The van der Waals surface area contributed by atoms with Gasteiger partial charge in [-0.1, -0.05) is 24.3 Å². The van der Waals surface area contributed by atoms with Crippen molar-refractivity contribution in [3.63, 3.8) is 0 Å². The van der Waals surface area contributed by atoms with E-state index in [0.29, 0.717) is 0 Å². The number of aliphatic hydroxyl groups excluding tert-OH is 1. The highest BCUT2D eigenvalue weighted by Gasteiger charge is 2.30. The summed E-state index contributed by atoms with van der Waals surface area (Å²) in [5.74, 6) is 0.286. The molecule has 0 aliphatic heterocycles. The second kappa shape index (κ2) is 4.24. The zero-order valence-electron chi connectivity index (χ0n) is 9.76.